The minimum atomic E-state index is -0.905. The summed E-state index contributed by atoms with van der Waals surface area (Å²) in [6, 6.07) is 9.40. The molecule has 4 rings (SSSR count). The number of esters is 1. The first-order valence-electron chi connectivity index (χ1n) is 15.6. The lowest BCUT2D eigenvalue weighted by molar-refractivity contribution is -0.157. The molecule has 0 radical (unpaired) electrons. The highest BCUT2D eigenvalue weighted by atomic mass is 16.5. The topological polar surface area (TPSA) is 157 Å². The number of benzene rings is 1. The summed E-state index contributed by atoms with van der Waals surface area (Å²) in [5, 5.41) is 17.1. The van der Waals surface area contributed by atoms with Gasteiger partial charge in [0.15, 0.2) is 0 Å². The average Bonchev–Trinajstić information content (AvgIpc) is 3.02. The molecule has 3 N–H and O–H groups in total. The summed E-state index contributed by atoms with van der Waals surface area (Å²) in [6.45, 7) is 8.44. The van der Waals surface area contributed by atoms with Gasteiger partial charge in [-0.15, -0.1) is 0 Å². The molecule has 0 saturated carbocycles. The van der Waals surface area contributed by atoms with Crippen LogP contribution in [0.4, 0.5) is 0 Å². The first kappa shape index (κ1) is 33.6. The van der Waals surface area contributed by atoms with Crippen molar-refractivity contribution in [1.82, 2.24) is 31.0 Å². The Morgan fingerprint density at radius 1 is 1.07 bits per heavy atom. The Labute approximate surface area is 264 Å². The van der Waals surface area contributed by atoms with Crippen LogP contribution in [0.2, 0.25) is 0 Å². The number of nitrogens with zero attached hydrogens (tertiary/aromatic N) is 4. The molecule has 4 atom stereocenters. The third-order valence-electron chi connectivity index (χ3n) is 8.05. The van der Waals surface area contributed by atoms with Crippen molar-refractivity contribution in [2.45, 2.75) is 77.6 Å². The number of pyridine rings is 1. The number of aromatic nitrogens is 1. The van der Waals surface area contributed by atoms with Crippen molar-refractivity contribution in [3.63, 3.8) is 0 Å². The van der Waals surface area contributed by atoms with Crippen LogP contribution < -0.4 is 16.1 Å². The second-order valence-electron chi connectivity index (χ2n) is 12.0. The lowest BCUT2D eigenvalue weighted by Crippen LogP contribution is -2.61. The predicted octanol–water partition coefficient (Wildman–Crippen LogP) is 2.61. The van der Waals surface area contributed by atoms with Gasteiger partial charge in [0.05, 0.1) is 23.8 Å². The average molecular weight is 618 g/mol. The predicted molar refractivity (Wildman–Crippen MR) is 169 cm³/mol. The van der Waals surface area contributed by atoms with Crippen molar-refractivity contribution in [3.8, 4) is 6.07 Å². The van der Waals surface area contributed by atoms with Gasteiger partial charge in [0.25, 0.3) is 5.91 Å². The van der Waals surface area contributed by atoms with E-state index in [2.05, 4.69) is 22.1 Å². The van der Waals surface area contributed by atoms with Gasteiger partial charge >= 0.3 is 5.97 Å². The van der Waals surface area contributed by atoms with Crippen LogP contribution in [-0.4, -0.2) is 82.9 Å². The minimum absolute atomic E-state index is 0.114. The fourth-order valence-corrected chi connectivity index (χ4v) is 5.40. The maximum Gasteiger partial charge on any atom is 0.325 e. The van der Waals surface area contributed by atoms with Crippen LogP contribution in [0.5, 0.6) is 0 Å². The number of ether oxygens (including phenoxy) is 1. The summed E-state index contributed by atoms with van der Waals surface area (Å²) in [6.07, 6.45) is 5.24. The Bertz CT molecular complexity index is 1470. The van der Waals surface area contributed by atoms with Crippen molar-refractivity contribution in [2.24, 2.45) is 5.92 Å². The van der Waals surface area contributed by atoms with E-state index in [0.717, 1.165) is 16.5 Å². The number of cyclic esters (lactones) is 1. The summed E-state index contributed by atoms with van der Waals surface area (Å²) in [5.41, 5.74) is 5.31. The van der Waals surface area contributed by atoms with Gasteiger partial charge in [-0.05, 0) is 56.7 Å². The first-order chi connectivity index (χ1) is 21.5. The van der Waals surface area contributed by atoms with Gasteiger partial charge in [-0.2, -0.15) is 5.26 Å². The maximum absolute atomic E-state index is 13.3. The van der Waals surface area contributed by atoms with Gasteiger partial charge in [0, 0.05) is 31.4 Å². The van der Waals surface area contributed by atoms with Crippen LogP contribution in [0.3, 0.4) is 0 Å². The van der Waals surface area contributed by atoms with Crippen LogP contribution in [0.15, 0.2) is 36.4 Å². The molecule has 2 aromatic rings. The molecule has 0 spiro atoms. The Kier molecular flexibility index (Phi) is 11.6. The van der Waals surface area contributed by atoms with Crippen LogP contribution in [0, 0.1) is 17.2 Å². The minimum Gasteiger partial charge on any atom is -0.455 e. The van der Waals surface area contributed by atoms with E-state index in [4.69, 9.17) is 9.72 Å². The number of carbonyl (C=O) groups excluding carboxylic acids is 4. The summed E-state index contributed by atoms with van der Waals surface area (Å²) in [4.78, 5) is 59.1. The quantitative estimate of drug-likeness (QED) is 0.340. The zero-order chi connectivity index (χ0) is 32.5. The Morgan fingerprint density at radius 2 is 1.84 bits per heavy atom. The number of hydrogen-bond donors (Lipinski definition) is 3. The SMILES string of the molecule is CC1NC(=O)C(C(C)C)NC(=O)CCN(CC#N)CCC=Cc2ccc3ccc(nc3c2)C(C)OC(=O)C2CCCN(N2)C1=O. The first-order valence-corrected chi connectivity index (χ1v) is 15.6. The van der Waals surface area contributed by atoms with E-state index in [-0.39, 0.29) is 24.8 Å². The molecule has 12 heteroatoms. The zero-order valence-corrected chi connectivity index (χ0v) is 26.4. The van der Waals surface area contributed by atoms with E-state index in [0.29, 0.717) is 44.6 Å². The molecule has 45 heavy (non-hydrogen) atoms. The number of hydrazine groups is 1. The summed E-state index contributed by atoms with van der Waals surface area (Å²) in [5.74, 6) is -1.92. The molecule has 1 fully saturated rings. The highest BCUT2D eigenvalue weighted by Crippen LogP contribution is 2.22. The van der Waals surface area contributed by atoms with Gasteiger partial charge < -0.3 is 15.4 Å². The number of carbonyl (C=O) groups is 4. The molecule has 240 valence electrons. The van der Waals surface area contributed by atoms with Crippen LogP contribution in [0.1, 0.15) is 70.7 Å². The maximum atomic E-state index is 13.3. The van der Waals surface area contributed by atoms with Crippen molar-refractivity contribution >= 4 is 40.7 Å². The second kappa shape index (κ2) is 15.6. The second-order valence-corrected chi connectivity index (χ2v) is 12.0. The van der Waals surface area contributed by atoms with E-state index >= 15 is 0 Å². The van der Waals surface area contributed by atoms with Crippen molar-refractivity contribution in [1.29, 1.82) is 5.26 Å². The smallest absolute Gasteiger partial charge is 0.325 e. The molecule has 12 nitrogen and oxygen atoms in total. The Balaban J connectivity index is 1.58. The molecule has 1 saturated heterocycles. The van der Waals surface area contributed by atoms with E-state index < -0.39 is 42.0 Å². The fourth-order valence-electron chi connectivity index (χ4n) is 5.40. The molecular weight excluding hydrogens is 574 g/mol. The molecule has 3 amide bonds. The third kappa shape index (κ3) is 9.09. The molecule has 4 unspecified atom stereocenters. The summed E-state index contributed by atoms with van der Waals surface area (Å²) >= 11 is 0. The summed E-state index contributed by atoms with van der Waals surface area (Å²) in [7, 11) is 0. The van der Waals surface area contributed by atoms with Gasteiger partial charge in [0.2, 0.25) is 11.8 Å². The van der Waals surface area contributed by atoms with E-state index in [1.165, 1.54) is 5.01 Å². The van der Waals surface area contributed by atoms with Crippen molar-refractivity contribution < 1.29 is 23.9 Å². The lowest BCUT2D eigenvalue weighted by atomic mass is 10.0. The third-order valence-corrected chi connectivity index (χ3v) is 8.05. The Hall–Kier alpha value is -4.34. The van der Waals surface area contributed by atoms with Gasteiger partial charge in [-0.1, -0.05) is 44.2 Å². The molecule has 3 heterocycles. The van der Waals surface area contributed by atoms with Crippen LogP contribution in [0.25, 0.3) is 17.0 Å². The normalized spacial score (nSPS) is 24.9. The zero-order valence-electron chi connectivity index (χ0n) is 26.4. The van der Waals surface area contributed by atoms with E-state index in [9.17, 15) is 24.4 Å². The molecule has 0 aliphatic carbocycles. The van der Waals surface area contributed by atoms with Crippen molar-refractivity contribution in [3.05, 3.63) is 47.7 Å². The monoisotopic (exact) mass is 617 g/mol. The van der Waals surface area contributed by atoms with Crippen molar-refractivity contribution in [2.75, 3.05) is 26.2 Å². The molecule has 2 aliphatic heterocycles. The molecule has 2 aliphatic rings. The number of nitriles is 1. The van der Waals surface area contributed by atoms with Gasteiger partial charge in [-0.3, -0.25) is 29.1 Å². The number of amides is 3. The molecule has 1 aromatic carbocycles. The molecule has 1 aromatic heterocycles. The highest BCUT2D eigenvalue weighted by Gasteiger charge is 2.34. The van der Waals surface area contributed by atoms with E-state index in [1.807, 2.05) is 61.2 Å². The number of nitrogens with one attached hydrogen (secondary N) is 3. The fraction of sp³-hybridized carbons (Fsp3) is 0.515. The van der Waals surface area contributed by atoms with Crippen LogP contribution in [-0.2, 0) is 23.9 Å². The van der Waals surface area contributed by atoms with Crippen LogP contribution >= 0.6 is 0 Å². The standard InChI is InChI=1S/C33H43N7O5/c1-21(2)30-31(42)35-22(3)32(43)40-17-7-9-27(38-40)33(44)45-23(4)26-13-12-25-11-10-24(20-28(25)36-26)8-5-6-16-39(19-15-34)18-14-29(41)37-30/h5,8,10-13,20-23,27,30,38H,6-7,9,14,16-19H2,1-4H3,(H,35,42)(H,37,41). The highest BCUT2D eigenvalue weighted by molar-refractivity contribution is 5.92. The van der Waals surface area contributed by atoms with Gasteiger partial charge in [-0.25, -0.2) is 10.4 Å². The molecular formula is C33H43N7O5. The van der Waals surface area contributed by atoms with E-state index in [1.54, 1.807) is 13.8 Å². The number of hydrogen-bond acceptors (Lipinski definition) is 9. The number of rotatable bonds is 2. The number of fused-ring (bicyclic) bond motifs is 4. The molecule has 5 bridgehead atoms. The largest absolute Gasteiger partial charge is 0.455 e. The Morgan fingerprint density at radius 3 is 2.60 bits per heavy atom. The lowest BCUT2D eigenvalue weighted by Gasteiger charge is -2.35. The van der Waals surface area contributed by atoms with Gasteiger partial charge in [0.1, 0.15) is 24.2 Å². The summed E-state index contributed by atoms with van der Waals surface area (Å²) < 4.78 is 5.78.